The summed E-state index contributed by atoms with van der Waals surface area (Å²) in [6.45, 7) is 2.67. The molecular weight excluding hydrogens is 538 g/mol. The molecule has 0 saturated carbocycles. The van der Waals surface area contributed by atoms with Crippen LogP contribution in [-0.4, -0.2) is 72.7 Å². The Morgan fingerprint density at radius 1 is 1.08 bits per heavy atom. The van der Waals surface area contributed by atoms with Gasteiger partial charge in [0.15, 0.2) is 0 Å². The largest absolute Gasteiger partial charge is 0.416 e. The van der Waals surface area contributed by atoms with Gasteiger partial charge in [0.1, 0.15) is 5.84 Å². The van der Waals surface area contributed by atoms with Gasteiger partial charge in [0.2, 0.25) is 5.91 Å². The molecule has 3 aliphatic heterocycles. The second-order valence-corrected chi connectivity index (χ2v) is 10.2. The summed E-state index contributed by atoms with van der Waals surface area (Å²) < 4.78 is 84.5. The number of hydrogen-bond donors (Lipinski definition) is 1. The molecule has 4 rings (SSSR count). The molecule has 0 aliphatic carbocycles. The monoisotopic (exact) mass is 564 g/mol. The quantitative estimate of drug-likeness (QED) is 0.530. The van der Waals surface area contributed by atoms with E-state index in [1.807, 2.05) is 6.08 Å². The van der Waals surface area contributed by atoms with Crippen LogP contribution in [0.15, 0.2) is 34.2 Å². The fourth-order valence-electron chi connectivity index (χ4n) is 4.52. The van der Waals surface area contributed by atoms with Crippen molar-refractivity contribution in [3.8, 4) is 0 Å². The molecule has 2 amide bonds. The molecule has 14 heteroatoms. The number of amides is 2. The first-order valence-electron chi connectivity index (χ1n) is 12.0. The average Bonchev–Trinajstić information content (AvgIpc) is 3.21. The number of piperidine rings is 1. The fraction of sp³-hybridized carbons (Fsp3) is 0.542. The number of nitrogens with one attached hydrogen (secondary N) is 1. The van der Waals surface area contributed by atoms with Gasteiger partial charge < -0.3 is 15.0 Å². The van der Waals surface area contributed by atoms with Gasteiger partial charge in [0.25, 0.3) is 0 Å². The first-order chi connectivity index (χ1) is 17.9. The maximum Gasteiger partial charge on any atom is 0.416 e. The van der Waals surface area contributed by atoms with Crippen molar-refractivity contribution in [2.75, 3.05) is 45.9 Å². The SMILES string of the molecule is O=C1N=C(NCC(=O)N2CCOCC2)/C(=C/C2CCN(Cc3ccc(C(F)(F)F)cc3C(F)(F)F)CC2)S1. The van der Waals surface area contributed by atoms with Crippen LogP contribution >= 0.6 is 11.8 Å². The van der Waals surface area contributed by atoms with Gasteiger partial charge in [-0.3, -0.25) is 14.5 Å². The molecule has 0 atom stereocenters. The Morgan fingerprint density at radius 3 is 2.39 bits per heavy atom. The lowest BCUT2D eigenvalue weighted by Gasteiger charge is -2.31. The summed E-state index contributed by atoms with van der Waals surface area (Å²) in [6, 6.07) is 1.74. The van der Waals surface area contributed by atoms with Crippen LogP contribution in [0.4, 0.5) is 31.1 Å². The molecule has 2 saturated heterocycles. The van der Waals surface area contributed by atoms with Gasteiger partial charge >= 0.3 is 17.6 Å². The molecule has 0 unspecified atom stereocenters. The van der Waals surface area contributed by atoms with Crippen LogP contribution in [0.5, 0.6) is 0 Å². The lowest BCUT2D eigenvalue weighted by Crippen LogP contribution is -2.45. The van der Waals surface area contributed by atoms with Gasteiger partial charge in [0, 0.05) is 19.6 Å². The molecule has 7 nitrogen and oxygen atoms in total. The summed E-state index contributed by atoms with van der Waals surface area (Å²) in [5, 5.41) is 2.53. The van der Waals surface area contributed by atoms with Crippen LogP contribution in [0.1, 0.15) is 29.5 Å². The van der Waals surface area contributed by atoms with Crippen LogP contribution in [0.2, 0.25) is 0 Å². The van der Waals surface area contributed by atoms with E-state index in [2.05, 4.69) is 10.3 Å². The Hall–Kier alpha value is -2.58. The van der Waals surface area contributed by atoms with Crippen molar-refractivity contribution >= 4 is 28.7 Å². The van der Waals surface area contributed by atoms with E-state index in [-0.39, 0.29) is 36.5 Å². The van der Waals surface area contributed by atoms with Crippen LogP contribution in [-0.2, 0) is 28.4 Å². The molecule has 0 aromatic heterocycles. The molecule has 1 aromatic rings. The summed E-state index contributed by atoms with van der Waals surface area (Å²) in [4.78, 5) is 32.3. The molecule has 0 radical (unpaired) electrons. The number of allylic oxidation sites excluding steroid dienone is 1. The zero-order valence-corrected chi connectivity index (χ0v) is 21.0. The number of carbonyl (C=O) groups excluding carboxylic acids is 2. The summed E-state index contributed by atoms with van der Waals surface area (Å²) in [5.74, 6) is 0.217. The van der Waals surface area contributed by atoms with Crippen molar-refractivity contribution in [3.05, 3.63) is 45.9 Å². The van der Waals surface area contributed by atoms with Crippen molar-refractivity contribution in [2.45, 2.75) is 31.7 Å². The van der Waals surface area contributed by atoms with E-state index in [4.69, 9.17) is 4.74 Å². The van der Waals surface area contributed by atoms with E-state index < -0.39 is 28.7 Å². The number of benzene rings is 1. The number of rotatable bonds is 5. The van der Waals surface area contributed by atoms with Gasteiger partial charge in [-0.05, 0) is 61.3 Å². The van der Waals surface area contributed by atoms with Gasteiger partial charge in [-0.2, -0.15) is 31.3 Å². The highest BCUT2D eigenvalue weighted by atomic mass is 32.2. The maximum atomic E-state index is 13.5. The summed E-state index contributed by atoms with van der Waals surface area (Å²) in [7, 11) is 0. The Balaban J connectivity index is 1.34. The Morgan fingerprint density at radius 2 is 1.76 bits per heavy atom. The molecule has 2 fully saturated rings. The zero-order valence-electron chi connectivity index (χ0n) is 20.2. The van der Waals surface area contributed by atoms with Gasteiger partial charge in [-0.15, -0.1) is 0 Å². The first-order valence-corrected chi connectivity index (χ1v) is 12.8. The normalized spacial score (nSPS) is 21.2. The number of morpholine rings is 1. The number of aliphatic imine (C=N–C) groups is 1. The van der Waals surface area contributed by atoms with Crippen molar-refractivity contribution in [1.82, 2.24) is 15.1 Å². The summed E-state index contributed by atoms with van der Waals surface area (Å²) in [6.07, 6.45) is -6.72. The van der Waals surface area contributed by atoms with E-state index >= 15 is 0 Å². The van der Waals surface area contributed by atoms with Gasteiger partial charge in [0.05, 0.1) is 35.8 Å². The van der Waals surface area contributed by atoms with Crippen LogP contribution in [0.3, 0.4) is 0 Å². The molecule has 38 heavy (non-hydrogen) atoms. The lowest BCUT2D eigenvalue weighted by molar-refractivity contribution is -0.143. The third-order valence-corrected chi connectivity index (χ3v) is 7.38. The van der Waals surface area contributed by atoms with Crippen molar-refractivity contribution in [1.29, 1.82) is 0 Å². The van der Waals surface area contributed by atoms with Crippen molar-refractivity contribution in [3.63, 3.8) is 0 Å². The predicted molar refractivity (Wildman–Crippen MR) is 128 cm³/mol. The molecular formula is C24H26F6N4O3S. The van der Waals surface area contributed by atoms with Gasteiger partial charge in [-0.1, -0.05) is 12.1 Å². The van der Waals surface area contributed by atoms with E-state index in [1.165, 1.54) is 0 Å². The average molecular weight is 565 g/mol. The van der Waals surface area contributed by atoms with E-state index in [1.54, 1.807) is 9.80 Å². The number of nitrogens with zero attached hydrogens (tertiary/aromatic N) is 3. The first kappa shape index (κ1) is 28.4. The number of alkyl halides is 6. The zero-order chi connectivity index (χ0) is 27.5. The molecule has 3 heterocycles. The third-order valence-electron chi connectivity index (χ3n) is 6.56. The minimum absolute atomic E-state index is 0.0167. The number of carbonyl (C=O) groups is 2. The van der Waals surface area contributed by atoms with Crippen molar-refractivity contribution in [2.24, 2.45) is 10.9 Å². The fourth-order valence-corrected chi connectivity index (χ4v) is 5.32. The smallest absolute Gasteiger partial charge is 0.378 e. The van der Waals surface area contributed by atoms with Crippen LogP contribution < -0.4 is 5.32 Å². The highest BCUT2D eigenvalue weighted by Gasteiger charge is 2.38. The standard InChI is InChI=1S/C24H26F6N4O3S/c25-23(26,27)17-2-1-16(18(12-17)24(28,29)30)14-33-5-3-15(4-6-33)11-19-21(32-22(36)38-19)31-13-20(35)34-7-9-37-10-8-34/h1-2,11-12,15H,3-10,13-14H2,(H,31,32,36)/b19-11-. The number of halogens is 6. The minimum Gasteiger partial charge on any atom is -0.378 e. The van der Waals surface area contributed by atoms with Crippen molar-refractivity contribution < 1.29 is 40.7 Å². The Kier molecular flexibility index (Phi) is 8.72. The lowest BCUT2D eigenvalue weighted by atomic mass is 9.95. The molecule has 0 spiro atoms. The van der Waals surface area contributed by atoms with E-state index in [0.717, 1.165) is 17.8 Å². The molecule has 0 bridgehead atoms. The van der Waals surface area contributed by atoms with Crippen LogP contribution in [0, 0.1) is 5.92 Å². The molecule has 3 aliphatic rings. The van der Waals surface area contributed by atoms with E-state index in [0.29, 0.717) is 69.0 Å². The number of ether oxygens (including phenoxy) is 1. The Labute approximate surface area is 219 Å². The second kappa shape index (κ2) is 11.7. The Bertz CT molecular complexity index is 1110. The van der Waals surface area contributed by atoms with Crippen LogP contribution in [0.25, 0.3) is 0 Å². The summed E-state index contributed by atoms with van der Waals surface area (Å²) in [5.41, 5.74) is -2.82. The number of amidine groups is 1. The highest BCUT2D eigenvalue weighted by molar-refractivity contribution is 8.18. The molecule has 208 valence electrons. The second-order valence-electron chi connectivity index (χ2n) is 9.19. The third kappa shape index (κ3) is 7.29. The van der Waals surface area contributed by atoms with Gasteiger partial charge in [-0.25, -0.2) is 0 Å². The minimum atomic E-state index is -4.91. The number of likely N-dealkylation sites (tertiary alicyclic amines) is 1. The van der Waals surface area contributed by atoms with E-state index in [9.17, 15) is 35.9 Å². The number of thioether (sulfide) groups is 1. The molecule has 1 aromatic carbocycles. The summed E-state index contributed by atoms with van der Waals surface area (Å²) >= 11 is 0.947. The number of hydrogen-bond acceptors (Lipinski definition) is 6. The maximum absolute atomic E-state index is 13.5. The topological polar surface area (TPSA) is 74.2 Å². The highest BCUT2D eigenvalue weighted by Crippen LogP contribution is 2.38. The molecule has 1 N–H and O–H groups in total. The predicted octanol–water partition coefficient (Wildman–Crippen LogP) is 4.53.